The van der Waals surface area contributed by atoms with Crippen molar-refractivity contribution in [1.29, 1.82) is 0 Å². The number of nitrogens with zero attached hydrogens (tertiary/aromatic N) is 1. The van der Waals surface area contributed by atoms with E-state index in [1.54, 1.807) is 29.2 Å². The van der Waals surface area contributed by atoms with Crippen LogP contribution in [0.2, 0.25) is 5.02 Å². The maximum Gasteiger partial charge on any atom is 0.308 e. The lowest BCUT2D eigenvalue weighted by Crippen LogP contribution is -2.45. The molecule has 0 aliphatic carbocycles. The van der Waals surface area contributed by atoms with Crippen LogP contribution in [0, 0.1) is 5.92 Å². The number of para-hydroxylation sites is 1. The molecule has 3 rings (SSSR count). The van der Waals surface area contributed by atoms with Crippen molar-refractivity contribution in [2.75, 3.05) is 4.90 Å². The number of carbonyl (C=O) groups excluding carboxylic acids is 1. The Labute approximate surface area is 139 Å². The molecule has 2 atom stereocenters. The molecule has 0 saturated carbocycles. The molecule has 1 N–H and O–H groups in total. The van der Waals surface area contributed by atoms with E-state index < -0.39 is 17.9 Å². The standard InChI is InChI=1S/C18H16ClNO3/c19-13-8-6-12(7-9-13)17-15(18(22)23)10-11-16(21)20(17)14-4-2-1-3-5-14/h1-9,15,17H,10-11H2,(H,22,23). The molecule has 2 aromatic carbocycles. The van der Waals surface area contributed by atoms with Crippen molar-refractivity contribution in [3.8, 4) is 0 Å². The highest BCUT2D eigenvalue weighted by molar-refractivity contribution is 6.30. The number of carbonyl (C=O) groups is 2. The van der Waals surface area contributed by atoms with Crippen LogP contribution in [0.1, 0.15) is 24.4 Å². The zero-order chi connectivity index (χ0) is 16.4. The molecule has 118 valence electrons. The smallest absolute Gasteiger partial charge is 0.308 e. The second-order valence-corrected chi connectivity index (χ2v) is 6.02. The summed E-state index contributed by atoms with van der Waals surface area (Å²) in [5.41, 5.74) is 1.49. The summed E-state index contributed by atoms with van der Waals surface area (Å²) in [5.74, 6) is -1.60. The lowest BCUT2D eigenvalue weighted by molar-refractivity contribution is -0.144. The highest BCUT2D eigenvalue weighted by Crippen LogP contribution is 2.40. The highest BCUT2D eigenvalue weighted by atomic mass is 35.5. The molecule has 1 fully saturated rings. The van der Waals surface area contributed by atoms with Crippen molar-refractivity contribution >= 4 is 29.2 Å². The first-order chi connectivity index (χ1) is 11.1. The molecule has 1 amide bonds. The average molecular weight is 330 g/mol. The summed E-state index contributed by atoms with van der Waals surface area (Å²) < 4.78 is 0. The summed E-state index contributed by atoms with van der Waals surface area (Å²) >= 11 is 5.93. The van der Waals surface area contributed by atoms with E-state index in [1.807, 2.05) is 30.3 Å². The SMILES string of the molecule is O=C(O)C1CCC(=O)N(c2ccccc2)C1c1ccc(Cl)cc1. The van der Waals surface area contributed by atoms with Gasteiger partial charge in [0.2, 0.25) is 5.91 Å². The van der Waals surface area contributed by atoms with Crippen molar-refractivity contribution in [3.63, 3.8) is 0 Å². The largest absolute Gasteiger partial charge is 0.481 e. The molecular weight excluding hydrogens is 314 g/mol. The first-order valence-electron chi connectivity index (χ1n) is 7.43. The quantitative estimate of drug-likeness (QED) is 0.928. The van der Waals surface area contributed by atoms with Crippen LogP contribution in [0.4, 0.5) is 5.69 Å². The zero-order valence-corrected chi connectivity index (χ0v) is 13.1. The molecule has 0 radical (unpaired) electrons. The first-order valence-corrected chi connectivity index (χ1v) is 7.81. The minimum atomic E-state index is -0.890. The van der Waals surface area contributed by atoms with E-state index in [0.29, 0.717) is 17.1 Å². The molecule has 1 heterocycles. The number of carboxylic acid groups (broad SMARTS) is 1. The van der Waals surface area contributed by atoms with E-state index in [0.717, 1.165) is 5.56 Å². The predicted molar refractivity (Wildman–Crippen MR) is 88.5 cm³/mol. The van der Waals surface area contributed by atoms with Gasteiger partial charge >= 0.3 is 5.97 Å². The Kier molecular flexibility index (Phi) is 4.35. The van der Waals surface area contributed by atoms with Crippen molar-refractivity contribution < 1.29 is 14.7 Å². The molecular formula is C18H16ClNO3. The third kappa shape index (κ3) is 3.08. The normalized spacial score (nSPS) is 21.3. The fourth-order valence-corrected chi connectivity index (χ4v) is 3.21. The Morgan fingerprint density at radius 1 is 1.09 bits per heavy atom. The van der Waals surface area contributed by atoms with E-state index in [1.165, 1.54) is 0 Å². The van der Waals surface area contributed by atoms with Gasteiger partial charge in [-0.1, -0.05) is 41.9 Å². The number of amides is 1. The highest BCUT2D eigenvalue weighted by Gasteiger charge is 2.41. The van der Waals surface area contributed by atoms with Gasteiger partial charge in [0.15, 0.2) is 0 Å². The topological polar surface area (TPSA) is 57.6 Å². The van der Waals surface area contributed by atoms with Gasteiger partial charge in [-0.15, -0.1) is 0 Å². The van der Waals surface area contributed by atoms with Crippen LogP contribution in [-0.4, -0.2) is 17.0 Å². The zero-order valence-electron chi connectivity index (χ0n) is 12.4. The second kappa shape index (κ2) is 6.42. The lowest BCUT2D eigenvalue weighted by atomic mass is 9.84. The van der Waals surface area contributed by atoms with Crippen LogP contribution in [0.3, 0.4) is 0 Å². The molecule has 1 aliphatic heterocycles. The molecule has 5 heteroatoms. The third-order valence-corrected chi connectivity index (χ3v) is 4.41. The minimum Gasteiger partial charge on any atom is -0.481 e. The first kappa shape index (κ1) is 15.6. The van der Waals surface area contributed by atoms with Gasteiger partial charge in [-0.05, 0) is 36.2 Å². The lowest BCUT2D eigenvalue weighted by Gasteiger charge is -2.39. The van der Waals surface area contributed by atoms with Crippen LogP contribution in [-0.2, 0) is 9.59 Å². The molecule has 2 aromatic rings. The number of anilines is 1. The third-order valence-electron chi connectivity index (χ3n) is 4.16. The Hall–Kier alpha value is -2.33. The van der Waals surface area contributed by atoms with E-state index in [2.05, 4.69) is 0 Å². The maximum atomic E-state index is 12.5. The monoisotopic (exact) mass is 329 g/mol. The Bertz CT molecular complexity index is 715. The van der Waals surface area contributed by atoms with E-state index in [-0.39, 0.29) is 12.3 Å². The van der Waals surface area contributed by atoms with Gasteiger partial charge in [0.1, 0.15) is 0 Å². The number of benzene rings is 2. The number of hydrogen-bond donors (Lipinski definition) is 1. The van der Waals surface area contributed by atoms with Crippen molar-refractivity contribution in [3.05, 3.63) is 65.2 Å². The van der Waals surface area contributed by atoms with Crippen molar-refractivity contribution in [2.24, 2.45) is 5.92 Å². The molecule has 0 aromatic heterocycles. The number of piperidine rings is 1. The second-order valence-electron chi connectivity index (χ2n) is 5.58. The van der Waals surface area contributed by atoms with Crippen LogP contribution in [0.15, 0.2) is 54.6 Å². The summed E-state index contributed by atoms with van der Waals surface area (Å²) in [7, 11) is 0. The molecule has 1 saturated heterocycles. The van der Waals surface area contributed by atoms with Gasteiger partial charge in [-0.25, -0.2) is 0 Å². The van der Waals surface area contributed by atoms with Gasteiger partial charge in [0.05, 0.1) is 12.0 Å². The van der Waals surface area contributed by atoms with Crippen LogP contribution in [0.25, 0.3) is 0 Å². The predicted octanol–water partition coefficient (Wildman–Crippen LogP) is 3.91. The molecule has 1 aliphatic rings. The Balaban J connectivity index is 2.10. The van der Waals surface area contributed by atoms with Crippen LogP contribution < -0.4 is 4.90 Å². The minimum absolute atomic E-state index is 0.0614. The van der Waals surface area contributed by atoms with E-state index >= 15 is 0 Å². The number of hydrogen-bond acceptors (Lipinski definition) is 2. The summed E-state index contributed by atoms with van der Waals surface area (Å²) in [6, 6.07) is 15.7. The van der Waals surface area contributed by atoms with Crippen LogP contribution >= 0.6 is 11.6 Å². The summed E-state index contributed by atoms with van der Waals surface area (Å²) in [6.45, 7) is 0. The van der Waals surface area contributed by atoms with Crippen molar-refractivity contribution in [2.45, 2.75) is 18.9 Å². The summed E-state index contributed by atoms with van der Waals surface area (Å²) in [6.07, 6.45) is 0.570. The Morgan fingerprint density at radius 2 is 1.74 bits per heavy atom. The Morgan fingerprint density at radius 3 is 2.35 bits per heavy atom. The van der Waals surface area contributed by atoms with Gasteiger partial charge in [-0.3, -0.25) is 9.59 Å². The molecule has 23 heavy (non-hydrogen) atoms. The molecule has 4 nitrogen and oxygen atoms in total. The van der Waals surface area contributed by atoms with Gasteiger partial charge in [0.25, 0.3) is 0 Å². The fraction of sp³-hybridized carbons (Fsp3) is 0.222. The number of carboxylic acids is 1. The number of halogens is 1. The molecule has 0 bridgehead atoms. The van der Waals surface area contributed by atoms with E-state index in [9.17, 15) is 14.7 Å². The van der Waals surface area contributed by atoms with Gasteiger partial charge in [-0.2, -0.15) is 0 Å². The van der Waals surface area contributed by atoms with Gasteiger partial charge in [0, 0.05) is 17.1 Å². The van der Waals surface area contributed by atoms with Crippen LogP contribution in [0.5, 0.6) is 0 Å². The summed E-state index contributed by atoms with van der Waals surface area (Å²) in [4.78, 5) is 25.8. The van der Waals surface area contributed by atoms with Crippen molar-refractivity contribution in [1.82, 2.24) is 0 Å². The maximum absolute atomic E-state index is 12.5. The fourth-order valence-electron chi connectivity index (χ4n) is 3.09. The average Bonchev–Trinajstić information content (AvgIpc) is 2.56. The number of rotatable bonds is 3. The molecule has 0 spiro atoms. The van der Waals surface area contributed by atoms with Gasteiger partial charge < -0.3 is 10.0 Å². The van der Waals surface area contributed by atoms with E-state index in [4.69, 9.17) is 11.6 Å². The summed E-state index contributed by atoms with van der Waals surface area (Å²) in [5, 5.41) is 10.2. The number of aliphatic carboxylic acids is 1. The molecule has 2 unspecified atom stereocenters.